The van der Waals surface area contributed by atoms with Gasteiger partial charge < -0.3 is 5.32 Å². The van der Waals surface area contributed by atoms with Crippen molar-refractivity contribution in [3.63, 3.8) is 0 Å². The molecule has 0 saturated carbocycles. The molecule has 0 spiro atoms. The number of nitrogens with zero attached hydrogens (tertiary/aromatic N) is 2. The van der Waals surface area contributed by atoms with E-state index in [-0.39, 0.29) is 11.6 Å². The Labute approximate surface area is 168 Å². The van der Waals surface area contributed by atoms with Crippen molar-refractivity contribution < 1.29 is 4.79 Å². The van der Waals surface area contributed by atoms with Crippen LogP contribution in [0.5, 0.6) is 0 Å². The zero-order chi connectivity index (χ0) is 20.1. The SMILES string of the molecule is CCCn1c(S[C@@H](C(=O)Nc2cc(C)ccc2C)c2ccccc2)n[nH]c1=O. The highest BCUT2D eigenvalue weighted by Gasteiger charge is 2.25. The topological polar surface area (TPSA) is 79.8 Å². The molecule has 0 radical (unpaired) electrons. The van der Waals surface area contributed by atoms with E-state index in [4.69, 9.17) is 0 Å². The zero-order valence-electron chi connectivity index (χ0n) is 16.2. The number of nitrogens with one attached hydrogen (secondary N) is 2. The van der Waals surface area contributed by atoms with Gasteiger partial charge in [0.25, 0.3) is 0 Å². The van der Waals surface area contributed by atoms with Gasteiger partial charge in [-0.15, -0.1) is 5.10 Å². The number of aryl methyl sites for hydroxylation is 2. The fourth-order valence-electron chi connectivity index (χ4n) is 2.89. The van der Waals surface area contributed by atoms with Crippen LogP contribution in [0.3, 0.4) is 0 Å². The molecular weight excluding hydrogens is 372 g/mol. The van der Waals surface area contributed by atoms with E-state index in [2.05, 4.69) is 15.5 Å². The summed E-state index contributed by atoms with van der Waals surface area (Å²) >= 11 is 1.28. The Morgan fingerprint density at radius 1 is 1.21 bits per heavy atom. The number of H-pyrrole nitrogens is 1. The number of hydrogen-bond acceptors (Lipinski definition) is 4. The highest BCUT2D eigenvalue weighted by atomic mass is 32.2. The van der Waals surface area contributed by atoms with Gasteiger partial charge in [0.15, 0.2) is 5.16 Å². The first-order valence-electron chi connectivity index (χ1n) is 9.24. The van der Waals surface area contributed by atoms with Crippen molar-refractivity contribution in [2.75, 3.05) is 5.32 Å². The summed E-state index contributed by atoms with van der Waals surface area (Å²) in [7, 11) is 0. The summed E-state index contributed by atoms with van der Waals surface area (Å²) in [5.74, 6) is -0.150. The van der Waals surface area contributed by atoms with Gasteiger partial charge in [-0.2, -0.15) is 0 Å². The Bertz CT molecular complexity index is 1010. The molecule has 0 aliphatic rings. The van der Waals surface area contributed by atoms with Crippen molar-refractivity contribution in [1.82, 2.24) is 14.8 Å². The molecule has 7 heteroatoms. The summed E-state index contributed by atoms with van der Waals surface area (Å²) < 4.78 is 1.58. The summed E-state index contributed by atoms with van der Waals surface area (Å²) in [6.45, 7) is 6.51. The Morgan fingerprint density at radius 2 is 1.96 bits per heavy atom. The highest BCUT2D eigenvalue weighted by molar-refractivity contribution is 8.00. The van der Waals surface area contributed by atoms with Crippen molar-refractivity contribution in [2.24, 2.45) is 0 Å². The van der Waals surface area contributed by atoms with Gasteiger partial charge in [-0.05, 0) is 43.0 Å². The van der Waals surface area contributed by atoms with Crippen LogP contribution in [-0.4, -0.2) is 20.7 Å². The molecule has 1 aromatic heterocycles. The van der Waals surface area contributed by atoms with Crippen molar-refractivity contribution in [1.29, 1.82) is 0 Å². The second kappa shape index (κ2) is 8.93. The molecule has 2 aromatic carbocycles. The lowest BCUT2D eigenvalue weighted by Crippen LogP contribution is -2.21. The minimum absolute atomic E-state index is 0.150. The fraction of sp³-hybridized carbons (Fsp3) is 0.286. The standard InChI is InChI=1S/C21H24N4O2S/c1-4-12-25-20(27)23-24-21(25)28-18(16-8-6-5-7-9-16)19(26)22-17-13-14(2)10-11-15(17)3/h5-11,13,18H,4,12H2,1-3H3,(H,22,26)(H,23,27)/t18-/m1/s1. The molecule has 0 saturated heterocycles. The van der Waals surface area contributed by atoms with E-state index in [9.17, 15) is 9.59 Å². The molecule has 3 rings (SSSR count). The lowest BCUT2D eigenvalue weighted by Gasteiger charge is -2.18. The number of rotatable bonds is 7. The van der Waals surface area contributed by atoms with Crippen LogP contribution in [0.15, 0.2) is 58.5 Å². The van der Waals surface area contributed by atoms with Crippen molar-refractivity contribution in [2.45, 2.75) is 44.1 Å². The third-order valence-electron chi connectivity index (χ3n) is 4.39. The Hall–Kier alpha value is -2.80. The van der Waals surface area contributed by atoms with Gasteiger partial charge in [0.1, 0.15) is 5.25 Å². The third kappa shape index (κ3) is 4.54. The summed E-state index contributed by atoms with van der Waals surface area (Å²) in [5.41, 5.74) is 3.46. The quantitative estimate of drug-likeness (QED) is 0.590. The van der Waals surface area contributed by atoms with Crippen molar-refractivity contribution >= 4 is 23.4 Å². The summed E-state index contributed by atoms with van der Waals surface area (Å²) in [6, 6.07) is 15.5. The van der Waals surface area contributed by atoms with E-state index in [1.165, 1.54) is 11.8 Å². The van der Waals surface area contributed by atoms with Crippen molar-refractivity contribution in [3.05, 3.63) is 75.7 Å². The number of carbonyl (C=O) groups excluding carboxylic acids is 1. The van der Waals surface area contributed by atoms with Crippen LogP contribution in [0.2, 0.25) is 0 Å². The second-order valence-electron chi connectivity index (χ2n) is 6.68. The van der Waals surface area contributed by atoms with Crippen LogP contribution < -0.4 is 11.0 Å². The Kier molecular flexibility index (Phi) is 6.36. The lowest BCUT2D eigenvalue weighted by molar-refractivity contribution is -0.115. The molecule has 0 aliphatic carbocycles. The molecule has 1 heterocycles. The first kappa shape index (κ1) is 19.9. The van der Waals surface area contributed by atoms with E-state index in [0.29, 0.717) is 11.7 Å². The molecule has 146 valence electrons. The predicted octanol–water partition coefficient (Wildman–Crippen LogP) is 4.07. The van der Waals surface area contributed by atoms with Crippen LogP contribution in [0.1, 0.15) is 35.3 Å². The van der Waals surface area contributed by atoms with E-state index in [0.717, 1.165) is 28.8 Å². The van der Waals surface area contributed by atoms with Gasteiger partial charge in [-0.25, -0.2) is 9.89 Å². The number of hydrogen-bond donors (Lipinski definition) is 2. The third-order valence-corrected chi connectivity index (χ3v) is 5.63. The fourth-order valence-corrected chi connectivity index (χ4v) is 3.96. The van der Waals surface area contributed by atoms with Gasteiger partial charge in [0, 0.05) is 12.2 Å². The number of thioether (sulfide) groups is 1. The summed E-state index contributed by atoms with van der Waals surface area (Å²) in [5, 5.41) is 9.64. The van der Waals surface area contributed by atoms with Crippen LogP contribution in [0.25, 0.3) is 0 Å². The number of aromatic amines is 1. The maximum atomic E-state index is 13.2. The summed E-state index contributed by atoms with van der Waals surface area (Å²) in [4.78, 5) is 25.2. The van der Waals surface area contributed by atoms with Gasteiger partial charge in [-0.1, -0.05) is 61.2 Å². The predicted molar refractivity (Wildman–Crippen MR) is 113 cm³/mol. The van der Waals surface area contributed by atoms with Crippen LogP contribution in [0, 0.1) is 13.8 Å². The molecule has 1 amide bonds. The minimum atomic E-state index is -0.535. The van der Waals surface area contributed by atoms with Gasteiger partial charge in [0.2, 0.25) is 5.91 Å². The highest BCUT2D eigenvalue weighted by Crippen LogP contribution is 2.35. The monoisotopic (exact) mass is 396 g/mol. The number of aromatic nitrogens is 3. The normalized spacial score (nSPS) is 12.0. The average Bonchev–Trinajstić information content (AvgIpc) is 3.03. The van der Waals surface area contributed by atoms with Crippen LogP contribution in [-0.2, 0) is 11.3 Å². The van der Waals surface area contributed by atoms with Gasteiger partial charge >= 0.3 is 5.69 Å². The molecule has 0 aliphatic heterocycles. The minimum Gasteiger partial charge on any atom is -0.325 e. The van der Waals surface area contributed by atoms with Crippen LogP contribution in [0.4, 0.5) is 5.69 Å². The number of anilines is 1. The maximum Gasteiger partial charge on any atom is 0.343 e. The molecular formula is C21H24N4O2S. The van der Waals surface area contributed by atoms with Crippen LogP contribution >= 0.6 is 11.8 Å². The second-order valence-corrected chi connectivity index (χ2v) is 7.75. The van der Waals surface area contributed by atoms with Crippen molar-refractivity contribution in [3.8, 4) is 0 Å². The first-order chi connectivity index (χ1) is 13.5. The number of carbonyl (C=O) groups is 1. The molecule has 0 bridgehead atoms. The maximum absolute atomic E-state index is 13.2. The number of amides is 1. The Balaban J connectivity index is 1.93. The largest absolute Gasteiger partial charge is 0.343 e. The van der Waals surface area contributed by atoms with Gasteiger partial charge in [-0.3, -0.25) is 9.36 Å². The molecule has 6 nitrogen and oxygen atoms in total. The van der Waals surface area contributed by atoms with Gasteiger partial charge in [0.05, 0.1) is 0 Å². The average molecular weight is 397 g/mol. The zero-order valence-corrected chi connectivity index (χ0v) is 17.0. The van der Waals surface area contributed by atoms with E-state index >= 15 is 0 Å². The molecule has 28 heavy (non-hydrogen) atoms. The smallest absolute Gasteiger partial charge is 0.325 e. The molecule has 0 unspecified atom stereocenters. The molecule has 3 aromatic rings. The lowest BCUT2D eigenvalue weighted by atomic mass is 10.1. The van der Waals surface area contributed by atoms with E-state index in [1.807, 2.05) is 69.3 Å². The Morgan fingerprint density at radius 3 is 2.68 bits per heavy atom. The van der Waals surface area contributed by atoms with E-state index in [1.54, 1.807) is 4.57 Å². The molecule has 2 N–H and O–H groups in total. The van der Waals surface area contributed by atoms with E-state index < -0.39 is 5.25 Å². The first-order valence-corrected chi connectivity index (χ1v) is 10.1. The number of benzene rings is 2. The summed E-state index contributed by atoms with van der Waals surface area (Å²) in [6.07, 6.45) is 0.803. The molecule has 1 atom stereocenters. The molecule has 0 fully saturated rings.